The fourth-order valence-corrected chi connectivity index (χ4v) is 2.72. The number of carbonyl (C=O) groups excluding carboxylic acids is 2. The zero-order valence-corrected chi connectivity index (χ0v) is 11.9. The van der Waals surface area contributed by atoms with Crippen molar-refractivity contribution in [3.63, 3.8) is 0 Å². The van der Waals surface area contributed by atoms with Crippen LogP contribution in [0.3, 0.4) is 0 Å². The second-order valence-electron chi connectivity index (χ2n) is 6.37. The van der Waals surface area contributed by atoms with E-state index in [0.29, 0.717) is 26.1 Å². The van der Waals surface area contributed by atoms with E-state index in [1.54, 1.807) is 0 Å². The zero-order chi connectivity index (χ0) is 14.3. The molecule has 2 saturated heterocycles. The summed E-state index contributed by atoms with van der Waals surface area (Å²) in [6, 6.07) is 0. The summed E-state index contributed by atoms with van der Waals surface area (Å²) in [5, 5.41) is 10.4. The van der Waals surface area contributed by atoms with Gasteiger partial charge in [0.05, 0.1) is 17.6 Å². The predicted octanol–water partition coefficient (Wildman–Crippen LogP) is 0.949. The van der Waals surface area contributed by atoms with E-state index in [4.69, 9.17) is 4.74 Å². The summed E-state index contributed by atoms with van der Waals surface area (Å²) in [7, 11) is 0. The number of amides is 2. The van der Waals surface area contributed by atoms with Gasteiger partial charge in [-0.2, -0.15) is 0 Å². The molecule has 0 aromatic carbocycles. The van der Waals surface area contributed by atoms with E-state index >= 15 is 0 Å². The Morgan fingerprint density at radius 2 is 1.89 bits per heavy atom. The van der Waals surface area contributed by atoms with Crippen molar-refractivity contribution >= 4 is 11.8 Å². The number of hydrogen-bond donors (Lipinski definition) is 1. The molecule has 19 heavy (non-hydrogen) atoms. The molecule has 5 nitrogen and oxygen atoms in total. The van der Waals surface area contributed by atoms with Crippen LogP contribution in [0.4, 0.5) is 0 Å². The zero-order valence-electron chi connectivity index (χ0n) is 11.9. The van der Waals surface area contributed by atoms with E-state index in [1.165, 1.54) is 4.90 Å². The summed E-state index contributed by atoms with van der Waals surface area (Å²) in [6.07, 6.45) is 1.20. The quantitative estimate of drug-likeness (QED) is 0.775. The molecule has 0 aromatic heterocycles. The van der Waals surface area contributed by atoms with Gasteiger partial charge in [0.2, 0.25) is 11.8 Å². The highest BCUT2D eigenvalue weighted by Gasteiger charge is 2.51. The van der Waals surface area contributed by atoms with Gasteiger partial charge in [-0.25, -0.2) is 0 Å². The standard InChI is InChI=1S/C14H23NO4/c1-10(2)13(3)8-11(16)15(12(13)17)9-14(18)4-6-19-7-5-14/h10,18H,4-9H2,1-3H3. The molecular weight excluding hydrogens is 246 g/mol. The van der Waals surface area contributed by atoms with Crippen LogP contribution in [0.5, 0.6) is 0 Å². The molecule has 0 aromatic rings. The van der Waals surface area contributed by atoms with E-state index in [-0.39, 0.29) is 30.7 Å². The van der Waals surface area contributed by atoms with Gasteiger partial charge < -0.3 is 9.84 Å². The van der Waals surface area contributed by atoms with Crippen LogP contribution in [0.1, 0.15) is 40.0 Å². The van der Waals surface area contributed by atoms with Crippen molar-refractivity contribution in [2.24, 2.45) is 11.3 Å². The van der Waals surface area contributed by atoms with Crippen molar-refractivity contribution in [2.45, 2.75) is 45.6 Å². The number of carbonyl (C=O) groups is 2. The highest BCUT2D eigenvalue weighted by Crippen LogP contribution is 2.40. The Morgan fingerprint density at radius 1 is 1.32 bits per heavy atom. The van der Waals surface area contributed by atoms with Gasteiger partial charge in [-0.05, 0) is 12.8 Å². The first-order valence-corrected chi connectivity index (χ1v) is 6.93. The molecule has 2 amide bonds. The summed E-state index contributed by atoms with van der Waals surface area (Å²) in [4.78, 5) is 25.8. The van der Waals surface area contributed by atoms with Crippen LogP contribution in [0.25, 0.3) is 0 Å². The van der Waals surface area contributed by atoms with Crippen LogP contribution in [0.2, 0.25) is 0 Å². The van der Waals surface area contributed by atoms with E-state index in [9.17, 15) is 14.7 Å². The van der Waals surface area contributed by atoms with E-state index in [2.05, 4.69) is 0 Å². The second-order valence-corrected chi connectivity index (χ2v) is 6.37. The lowest BCUT2D eigenvalue weighted by Gasteiger charge is -2.35. The molecule has 2 aliphatic heterocycles. The highest BCUT2D eigenvalue weighted by molar-refractivity contribution is 6.05. The molecular formula is C14H23NO4. The number of likely N-dealkylation sites (tertiary alicyclic amines) is 1. The fraction of sp³-hybridized carbons (Fsp3) is 0.857. The van der Waals surface area contributed by atoms with Gasteiger partial charge >= 0.3 is 0 Å². The first kappa shape index (κ1) is 14.5. The van der Waals surface area contributed by atoms with Crippen LogP contribution >= 0.6 is 0 Å². The lowest BCUT2D eigenvalue weighted by molar-refractivity contribution is -0.149. The Bertz CT molecular complexity index is 387. The van der Waals surface area contributed by atoms with Gasteiger partial charge in [-0.15, -0.1) is 0 Å². The maximum atomic E-state index is 12.5. The van der Waals surface area contributed by atoms with Crippen molar-refractivity contribution in [1.29, 1.82) is 0 Å². The van der Waals surface area contributed by atoms with Crippen molar-refractivity contribution in [3.8, 4) is 0 Å². The summed E-state index contributed by atoms with van der Waals surface area (Å²) in [5.41, 5.74) is -1.61. The van der Waals surface area contributed by atoms with Crippen molar-refractivity contribution in [2.75, 3.05) is 19.8 Å². The van der Waals surface area contributed by atoms with Crippen molar-refractivity contribution in [3.05, 3.63) is 0 Å². The molecule has 0 radical (unpaired) electrons. The van der Waals surface area contributed by atoms with E-state index < -0.39 is 11.0 Å². The number of hydrogen-bond acceptors (Lipinski definition) is 4. The van der Waals surface area contributed by atoms with Crippen LogP contribution < -0.4 is 0 Å². The molecule has 0 aliphatic carbocycles. The Balaban J connectivity index is 2.13. The average Bonchev–Trinajstić information content (AvgIpc) is 2.55. The third-order valence-corrected chi connectivity index (χ3v) is 4.70. The molecule has 108 valence electrons. The molecule has 1 unspecified atom stereocenters. The second kappa shape index (κ2) is 4.87. The Kier molecular flexibility index (Phi) is 3.71. The Hall–Kier alpha value is -0.940. The molecule has 1 N–H and O–H groups in total. The van der Waals surface area contributed by atoms with Gasteiger partial charge in [0, 0.05) is 32.5 Å². The van der Waals surface area contributed by atoms with Crippen LogP contribution in [-0.2, 0) is 14.3 Å². The molecule has 2 fully saturated rings. The lowest BCUT2D eigenvalue weighted by Crippen LogP contribution is -2.49. The summed E-state index contributed by atoms with van der Waals surface area (Å²) < 4.78 is 5.21. The topological polar surface area (TPSA) is 66.8 Å². The molecule has 2 heterocycles. The number of β-amino-alcohol motifs (C(OH)–C–C–N with tert-alkyl or cyclic N) is 1. The van der Waals surface area contributed by atoms with Gasteiger partial charge in [0.15, 0.2) is 0 Å². The highest BCUT2D eigenvalue weighted by atomic mass is 16.5. The third-order valence-electron chi connectivity index (χ3n) is 4.70. The number of ether oxygens (including phenoxy) is 1. The monoisotopic (exact) mass is 269 g/mol. The molecule has 5 heteroatoms. The number of rotatable bonds is 3. The van der Waals surface area contributed by atoms with Gasteiger partial charge in [0.1, 0.15) is 0 Å². The van der Waals surface area contributed by atoms with Crippen LogP contribution in [0, 0.1) is 11.3 Å². The third kappa shape index (κ3) is 2.54. The summed E-state index contributed by atoms with van der Waals surface area (Å²) in [6.45, 7) is 6.82. The number of imide groups is 1. The lowest BCUT2D eigenvalue weighted by atomic mass is 9.78. The molecule has 2 rings (SSSR count). The molecule has 0 bridgehead atoms. The molecule has 1 atom stereocenters. The minimum atomic E-state index is -0.980. The Labute approximate surface area is 113 Å². The number of aliphatic hydroxyl groups is 1. The minimum Gasteiger partial charge on any atom is -0.388 e. The normalized spacial score (nSPS) is 31.3. The first-order chi connectivity index (χ1) is 8.78. The largest absolute Gasteiger partial charge is 0.388 e. The first-order valence-electron chi connectivity index (χ1n) is 6.93. The van der Waals surface area contributed by atoms with Crippen LogP contribution in [-0.4, -0.2) is 47.2 Å². The SMILES string of the molecule is CC(C)C1(C)CC(=O)N(CC2(O)CCOCC2)C1=O. The van der Waals surface area contributed by atoms with Crippen molar-refractivity contribution < 1.29 is 19.4 Å². The predicted molar refractivity (Wildman–Crippen MR) is 69.3 cm³/mol. The van der Waals surface area contributed by atoms with E-state index in [0.717, 1.165) is 0 Å². The van der Waals surface area contributed by atoms with Gasteiger partial charge in [-0.1, -0.05) is 13.8 Å². The number of nitrogens with zero attached hydrogens (tertiary/aromatic N) is 1. The van der Waals surface area contributed by atoms with E-state index in [1.807, 2.05) is 20.8 Å². The van der Waals surface area contributed by atoms with Crippen LogP contribution in [0.15, 0.2) is 0 Å². The Morgan fingerprint density at radius 3 is 2.37 bits per heavy atom. The van der Waals surface area contributed by atoms with Crippen molar-refractivity contribution in [1.82, 2.24) is 4.90 Å². The summed E-state index contributed by atoms with van der Waals surface area (Å²) in [5.74, 6) is -0.202. The maximum absolute atomic E-state index is 12.5. The summed E-state index contributed by atoms with van der Waals surface area (Å²) >= 11 is 0. The molecule has 0 spiro atoms. The minimum absolute atomic E-state index is 0.107. The smallest absolute Gasteiger partial charge is 0.235 e. The van der Waals surface area contributed by atoms with Gasteiger partial charge in [0.25, 0.3) is 0 Å². The average molecular weight is 269 g/mol. The molecule has 2 aliphatic rings. The molecule has 0 saturated carbocycles. The fourth-order valence-electron chi connectivity index (χ4n) is 2.72. The van der Waals surface area contributed by atoms with Gasteiger partial charge in [-0.3, -0.25) is 14.5 Å². The maximum Gasteiger partial charge on any atom is 0.235 e.